The number of hydrogen-bond acceptors (Lipinski definition) is 2. The number of nitrogens with zero attached hydrogens (tertiary/aromatic N) is 1. The predicted octanol–water partition coefficient (Wildman–Crippen LogP) is 1.57. The maximum atomic E-state index is 11.7. The Kier molecular flexibility index (Phi) is 5.42. The van der Waals surface area contributed by atoms with E-state index in [1.165, 1.54) is 0 Å². The molecule has 0 spiro atoms. The summed E-state index contributed by atoms with van der Waals surface area (Å²) in [5.74, 6) is -2.62. The fraction of sp³-hybridized carbons (Fsp3) is 0.818. The first-order valence-electron chi connectivity index (χ1n) is 5.29. The van der Waals surface area contributed by atoms with Crippen molar-refractivity contribution < 1.29 is 19.2 Å². The minimum Gasteiger partial charge on any atom is -0.481 e. The van der Waals surface area contributed by atoms with Crippen LogP contribution in [-0.4, -0.2) is 48.0 Å². The molecule has 0 saturated heterocycles. The van der Waals surface area contributed by atoms with Crippen molar-refractivity contribution in [3.63, 3.8) is 0 Å². The number of hydrogen-bond donors (Lipinski definition) is 1. The zero-order chi connectivity index (χ0) is 13.1. The second-order valence-corrected chi connectivity index (χ2v) is 5.74. The van der Waals surface area contributed by atoms with Crippen LogP contribution in [0.15, 0.2) is 0 Å². The van der Waals surface area contributed by atoms with E-state index in [0.29, 0.717) is 4.48 Å². The Morgan fingerprint density at radius 2 is 1.69 bits per heavy atom. The molecule has 0 aromatic rings. The van der Waals surface area contributed by atoms with Gasteiger partial charge in [-0.05, 0) is 0 Å². The van der Waals surface area contributed by atoms with Gasteiger partial charge in [-0.25, -0.2) is 0 Å². The number of quaternary nitrogens is 1. The Balaban J connectivity index is 4.72. The molecule has 94 valence electrons. The predicted molar refractivity (Wildman–Crippen MR) is 63.3 cm³/mol. The van der Waals surface area contributed by atoms with Gasteiger partial charge in [0, 0.05) is 12.3 Å². The zero-order valence-electron chi connectivity index (χ0n) is 10.5. The molecule has 0 amide bonds. The van der Waals surface area contributed by atoms with E-state index in [9.17, 15) is 9.59 Å². The minimum atomic E-state index is -1.09. The molecular formula is C11H21ClNO3+. The first-order valence-corrected chi connectivity index (χ1v) is 5.72. The third kappa shape index (κ3) is 4.49. The van der Waals surface area contributed by atoms with Crippen LogP contribution < -0.4 is 0 Å². The molecular weight excluding hydrogens is 230 g/mol. The topological polar surface area (TPSA) is 54.4 Å². The summed E-state index contributed by atoms with van der Waals surface area (Å²) in [6.45, 7) is 3.40. The molecule has 0 bridgehead atoms. The minimum absolute atomic E-state index is 0.164. The van der Waals surface area contributed by atoms with Gasteiger partial charge >= 0.3 is 5.97 Å². The van der Waals surface area contributed by atoms with E-state index in [1.807, 2.05) is 21.1 Å². The van der Waals surface area contributed by atoms with E-state index in [0.717, 1.165) is 0 Å². The van der Waals surface area contributed by atoms with Gasteiger partial charge in [-0.1, -0.05) is 25.4 Å². The van der Waals surface area contributed by atoms with E-state index in [1.54, 1.807) is 13.8 Å². The number of halogens is 1. The fourth-order valence-corrected chi connectivity index (χ4v) is 1.43. The molecule has 0 aromatic carbocycles. The summed E-state index contributed by atoms with van der Waals surface area (Å²) in [6.07, 6.45) is 0.164. The van der Waals surface area contributed by atoms with Crippen molar-refractivity contribution in [2.75, 3.05) is 21.1 Å². The van der Waals surface area contributed by atoms with Crippen molar-refractivity contribution in [3.8, 4) is 0 Å². The van der Waals surface area contributed by atoms with Gasteiger partial charge in [0.15, 0.2) is 5.50 Å². The van der Waals surface area contributed by atoms with Gasteiger partial charge in [-0.3, -0.25) is 9.59 Å². The van der Waals surface area contributed by atoms with Crippen LogP contribution in [0.2, 0.25) is 0 Å². The summed E-state index contributed by atoms with van der Waals surface area (Å²) in [4.78, 5) is 22.7. The summed E-state index contributed by atoms with van der Waals surface area (Å²) in [7, 11) is 5.61. The average Bonchev–Trinajstić information content (AvgIpc) is 2.10. The number of carbonyl (C=O) groups is 2. The molecule has 4 nitrogen and oxygen atoms in total. The van der Waals surface area contributed by atoms with Crippen LogP contribution in [0.4, 0.5) is 0 Å². The Morgan fingerprint density at radius 3 is 1.94 bits per heavy atom. The van der Waals surface area contributed by atoms with Crippen molar-refractivity contribution in [2.45, 2.75) is 25.8 Å². The van der Waals surface area contributed by atoms with Crippen molar-refractivity contribution >= 4 is 23.4 Å². The average molecular weight is 251 g/mol. The lowest BCUT2D eigenvalue weighted by Crippen LogP contribution is -2.44. The molecule has 0 rings (SSSR count). The summed E-state index contributed by atoms with van der Waals surface area (Å²) in [6, 6.07) is 0. The van der Waals surface area contributed by atoms with Crippen molar-refractivity contribution in [2.24, 2.45) is 11.8 Å². The third-order valence-electron chi connectivity index (χ3n) is 2.48. The SMILES string of the molecule is CC(C)C(=O)C(CC(Cl)[N+](C)(C)C)C(=O)O. The number of rotatable bonds is 6. The molecule has 1 N–H and O–H groups in total. The zero-order valence-corrected chi connectivity index (χ0v) is 11.3. The Labute approximate surface area is 102 Å². The molecule has 0 radical (unpaired) electrons. The lowest BCUT2D eigenvalue weighted by molar-refractivity contribution is -0.883. The van der Waals surface area contributed by atoms with Crippen LogP contribution >= 0.6 is 11.6 Å². The number of carbonyl (C=O) groups excluding carboxylic acids is 1. The van der Waals surface area contributed by atoms with Gasteiger partial charge in [-0.15, -0.1) is 0 Å². The van der Waals surface area contributed by atoms with Crippen LogP contribution in [0.5, 0.6) is 0 Å². The van der Waals surface area contributed by atoms with Gasteiger partial charge in [0.1, 0.15) is 11.7 Å². The molecule has 0 fully saturated rings. The number of ketones is 1. The molecule has 0 heterocycles. The number of alkyl halides is 1. The number of Topliss-reactive ketones (excluding diaryl/α,β-unsaturated/α-hetero) is 1. The number of aliphatic carboxylic acids is 1. The van der Waals surface area contributed by atoms with Crippen LogP contribution in [0, 0.1) is 11.8 Å². The second-order valence-electron chi connectivity index (χ2n) is 5.23. The standard InChI is InChI=1S/C11H20ClNO3/c1-7(2)10(14)8(11(15)16)6-9(12)13(3,4)5/h7-9H,6H2,1-5H3/p+1. The van der Waals surface area contributed by atoms with E-state index in [4.69, 9.17) is 16.7 Å². The Bertz CT molecular complexity index is 271. The lowest BCUT2D eigenvalue weighted by atomic mass is 9.92. The van der Waals surface area contributed by atoms with Crippen molar-refractivity contribution in [1.29, 1.82) is 0 Å². The van der Waals surface area contributed by atoms with Gasteiger partial charge in [0.25, 0.3) is 0 Å². The highest BCUT2D eigenvalue weighted by molar-refractivity contribution is 6.20. The largest absolute Gasteiger partial charge is 0.481 e. The quantitative estimate of drug-likeness (QED) is 0.337. The van der Waals surface area contributed by atoms with Gasteiger partial charge < -0.3 is 9.59 Å². The first kappa shape index (κ1) is 15.4. The van der Waals surface area contributed by atoms with E-state index in [-0.39, 0.29) is 23.6 Å². The molecule has 0 saturated carbocycles. The number of carboxylic acid groups (broad SMARTS) is 1. The van der Waals surface area contributed by atoms with Crippen LogP contribution in [0.3, 0.4) is 0 Å². The van der Waals surface area contributed by atoms with Gasteiger partial charge in [-0.2, -0.15) is 0 Å². The van der Waals surface area contributed by atoms with Crippen LogP contribution in [0.1, 0.15) is 20.3 Å². The highest BCUT2D eigenvalue weighted by Crippen LogP contribution is 2.21. The first-order chi connectivity index (χ1) is 7.07. The molecule has 16 heavy (non-hydrogen) atoms. The third-order valence-corrected chi connectivity index (χ3v) is 3.24. The summed E-state index contributed by atoms with van der Waals surface area (Å²) in [5, 5.41) is 9.02. The monoisotopic (exact) mass is 250 g/mol. The fourth-order valence-electron chi connectivity index (χ4n) is 1.25. The highest BCUT2D eigenvalue weighted by Gasteiger charge is 2.34. The Hall–Kier alpha value is -0.610. The molecule has 5 heteroatoms. The van der Waals surface area contributed by atoms with E-state index >= 15 is 0 Å². The van der Waals surface area contributed by atoms with Crippen LogP contribution in [0.25, 0.3) is 0 Å². The molecule has 0 aliphatic rings. The summed E-state index contributed by atoms with van der Waals surface area (Å²) in [5.41, 5.74) is -0.385. The molecule has 0 aliphatic heterocycles. The van der Waals surface area contributed by atoms with E-state index in [2.05, 4.69) is 0 Å². The maximum Gasteiger partial charge on any atom is 0.314 e. The van der Waals surface area contributed by atoms with Gasteiger partial charge in [0.05, 0.1) is 21.1 Å². The van der Waals surface area contributed by atoms with Crippen molar-refractivity contribution in [1.82, 2.24) is 0 Å². The molecule has 0 aromatic heterocycles. The van der Waals surface area contributed by atoms with E-state index < -0.39 is 11.9 Å². The normalized spacial score (nSPS) is 15.9. The second kappa shape index (κ2) is 5.64. The Morgan fingerprint density at radius 1 is 1.25 bits per heavy atom. The molecule has 0 aliphatic carbocycles. The maximum absolute atomic E-state index is 11.7. The van der Waals surface area contributed by atoms with Crippen molar-refractivity contribution in [3.05, 3.63) is 0 Å². The van der Waals surface area contributed by atoms with Gasteiger partial charge in [0.2, 0.25) is 0 Å². The van der Waals surface area contributed by atoms with Crippen LogP contribution in [-0.2, 0) is 9.59 Å². The number of carboxylic acids is 1. The molecule has 2 unspecified atom stereocenters. The highest BCUT2D eigenvalue weighted by atomic mass is 35.5. The lowest BCUT2D eigenvalue weighted by Gasteiger charge is -2.31. The summed E-state index contributed by atoms with van der Waals surface area (Å²) >= 11 is 6.10. The summed E-state index contributed by atoms with van der Waals surface area (Å²) < 4.78 is 0.427. The smallest absolute Gasteiger partial charge is 0.314 e. The molecule has 2 atom stereocenters.